The Morgan fingerprint density at radius 2 is 1.40 bits per heavy atom. The summed E-state index contributed by atoms with van der Waals surface area (Å²) in [4.78, 5) is 28.3. The molecule has 0 atom stereocenters. The van der Waals surface area contributed by atoms with Gasteiger partial charge in [0, 0.05) is 36.8 Å². The molecule has 0 radical (unpaired) electrons. The van der Waals surface area contributed by atoms with Crippen LogP contribution in [0.1, 0.15) is 20.7 Å². The van der Waals surface area contributed by atoms with Gasteiger partial charge in [-0.15, -0.1) is 0 Å². The Morgan fingerprint density at radius 3 is 2.00 bits per heavy atom. The van der Waals surface area contributed by atoms with Crippen molar-refractivity contribution in [2.24, 2.45) is 0 Å². The Balaban J connectivity index is 1.65. The summed E-state index contributed by atoms with van der Waals surface area (Å²) in [5.41, 5.74) is 0.784. The van der Waals surface area contributed by atoms with Gasteiger partial charge in [-0.25, -0.2) is 4.39 Å². The second-order valence-corrected chi connectivity index (χ2v) is 6.56. The van der Waals surface area contributed by atoms with Crippen molar-refractivity contribution in [3.05, 3.63) is 69.5 Å². The van der Waals surface area contributed by atoms with E-state index in [1.165, 1.54) is 24.3 Å². The lowest BCUT2D eigenvalue weighted by atomic mass is 10.1. The quantitative estimate of drug-likeness (QED) is 0.796. The highest BCUT2D eigenvalue weighted by Crippen LogP contribution is 2.23. The molecule has 0 saturated carbocycles. The van der Waals surface area contributed by atoms with Crippen LogP contribution in [0.2, 0.25) is 10.0 Å². The third-order valence-corrected chi connectivity index (χ3v) is 4.67. The fourth-order valence-corrected chi connectivity index (χ4v) is 3.09. The Bertz CT molecular complexity index is 803. The summed E-state index contributed by atoms with van der Waals surface area (Å²) < 4.78 is 13.0. The van der Waals surface area contributed by atoms with E-state index in [-0.39, 0.29) is 17.6 Å². The third kappa shape index (κ3) is 3.94. The molecule has 1 aliphatic heterocycles. The predicted molar refractivity (Wildman–Crippen MR) is 94.7 cm³/mol. The Kier molecular flexibility index (Phi) is 5.25. The number of carbonyl (C=O) groups is 2. The molecule has 1 heterocycles. The van der Waals surface area contributed by atoms with Gasteiger partial charge in [0.05, 0.1) is 10.6 Å². The molecule has 7 heteroatoms. The van der Waals surface area contributed by atoms with Gasteiger partial charge in [-0.1, -0.05) is 23.2 Å². The summed E-state index contributed by atoms with van der Waals surface area (Å²) in [7, 11) is 0. The molecule has 2 amide bonds. The Labute approximate surface area is 154 Å². The summed E-state index contributed by atoms with van der Waals surface area (Å²) in [6.45, 7) is 1.60. The fourth-order valence-electron chi connectivity index (χ4n) is 2.72. The first kappa shape index (κ1) is 17.7. The standard InChI is InChI=1S/C18H15Cl2FN2O2/c19-13-3-6-16(20)15(11-13)18(25)23-9-7-22(8-10-23)17(24)12-1-4-14(21)5-2-12/h1-6,11H,7-10H2. The van der Waals surface area contributed by atoms with Crippen LogP contribution in [0.5, 0.6) is 0 Å². The van der Waals surface area contributed by atoms with Gasteiger partial charge in [-0.05, 0) is 42.5 Å². The molecule has 1 fully saturated rings. The van der Waals surface area contributed by atoms with E-state index in [9.17, 15) is 14.0 Å². The normalized spacial score (nSPS) is 14.5. The molecule has 25 heavy (non-hydrogen) atoms. The predicted octanol–water partition coefficient (Wildman–Crippen LogP) is 3.73. The van der Waals surface area contributed by atoms with Crippen LogP contribution >= 0.6 is 23.2 Å². The van der Waals surface area contributed by atoms with Crippen LogP contribution in [-0.2, 0) is 0 Å². The summed E-state index contributed by atoms with van der Waals surface area (Å²) in [6.07, 6.45) is 0. The second-order valence-electron chi connectivity index (χ2n) is 5.72. The first-order valence-electron chi connectivity index (χ1n) is 7.75. The zero-order valence-corrected chi connectivity index (χ0v) is 14.7. The van der Waals surface area contributed by atoms with E-state index in [1.807, 2.05) is 0 Å². The molecule has 0 aliphatic carbocycles. The average Bonchev–Trinajstić information content (AvgIpc) is 2.63. The minimum atomic E-state index is -0.384. The monoisotopic (exact) mass is 380 g/mol. The van der Waals surface area contributed by atoms with E-state index >= 15 is 0 Å². The van der Waals surface area contributed by atoms with Crippen LogP contribution in [0.4, 0.5) is 4.39 Å². The van der Waals surface area contributed by atoms with Gasteiger partial charge in [0.25, 0.3) is 11.8 Å². The minimum Gasteiger partial charge on any atom is -0.335 e. The maximum atomic E-state index is 13.0. The third-order valence-electron chi connectivity index (χ3n) is 4.10. The first-order valence-corrected chi connectivity index (χ1v) is 8.50. The van der Waals surface area contributed by atoms with Gasteiger partial charge in [-0.3, -0.25) is 9.59 Å². The van der Waals surface area contributed by atoms with Gasteiger partial charge in [-0.2, -0.15) is 0 Å². The largest absolute Gasteiger partial charge is 0.335 e. The molecule has 3 rings (SSSR count). The van der Waals surface area contributed by atoms with Crippen LogP contribution in [0, 0.1) is 5.82 Å². The summed E-state index contributed by atoms with van der Waals surface area (Å²) in [6, 6.07) is 10.2. The van der Waals surface area contributed by atoms with Crippen LogP contribution in [-0.4, -0.2) is 47.8 Å². The Hall–Kier alpha value is -2.11. The smallest absolute Gasteiger partial charge is 0.255 e. The van der Waals surface area contributed by atoms with Crippen LogP contribution in [0.15, 0.2) is 42.5 Å². The van der Waals surface area contributed by atoms with Crippen molar-refractivity contribution in [3.63, 3.8) is 0 Å². The number of amides is 2. The molecule has 0 bridgehead atoms. The van der Waals surface area contributed by atoms with E-state index in [0.29, 0.717) is 47.4 Å². The van der Waals surface area contributed by atoms with Crippen molar-refractivity contribution < 1.29 is 14.0 Å². The zero-order valence-electron chi connectivity index (χ0n) is 13.2. The van der Waals surface area contributed by atoms with Crippen molar-refractivity contribution >= 4 is 35.0 Å². The van der Waals surface area contributed by atoms with Gasteiger partial charge >= 0.3 is 0 Å². The number of piperazine rings is 1. The van der Waals surface area contributed by atoms with Crippen molar-refractivity contribution in [2.45, 2.75) is 0 Å². The SMILES string of the molecule is O=C(c1ccc(F)cc1)N1CCN(C(=O)c2cc(Cl)ccc2Cl)CC1. The molecule has 2 aromatic rings. The van der Waals surface area contributed by atoms with E-state index in [0.717, 1.165) is 0 Å². The molecule has 1 saturated heterocycles. The van der Waals surface area contributed by atoms with Gasteiger partial charge in [0.15, 0.2) is 0 Å². The van der Waals surface area contributed by atoms with Crippen molar-refractivity contribution in [2.75, 3.05) is 26.2 Å². The fraction of sp³-hybridized carbons (Fsp3) is 0.222. The maximum Gasteiger partial charge on any atom is 0.255 e. The van der Waals surface area contributed by atoms with Crippen LogP contribution < -0.4 is 0 Å². The zero-order chi connectivity index (χ0) is 18.0. The van der Waals surface area contributed by atoms with E-state index in [4.69, 9.17) is 23.2 Å². The molecule has 4 nitrogen and oxygen atoms in total. The summed E-state index contributed by atoms with van der Waals surface area (Å²) in [5.74, 6) is -0.764. The molecule has 0 unspecified atom stereocenters. The second kappa shape index (κ2) is 7.42. The van der Waals surface area contributed by atoms with Crippen LogP contribution in [0.3, 0.4) is 0 Å². The maximum absolute atomic E-state index is 13.0. The van der Waals surface area contributed by atoms with Crippen molar-refractivity contribution in [3.8, 4) is 0 Å². The molecule has 0 spiro atoms. The molecule has 130 valence electrons. The Morgan fingerprint density at radius 1 is 0.840 bits per heavy atom. The number of hydrogen-bond donors (Lipinski definition) is 0. The number of rotatable bonds is 2. The molecular weight excluding hydrogens is 366 g/mol. The van der Waals surface area contributed by atoms with Crippen LogP contribution in [0.25, 0.3) is 0 Å². The summed E-state index contributed by atoms with van der Waals surface area (Å²) in [5, 5.41) is 0.789. The highest BCUT2D eigenvalue weighted by atomic mass is 35.5. The molecule has 0 N–H and O–H groups in total. The van der Waals surface area contributed by atoms with Gasteiger partial charge in [0.2, 0.25) is 0 Å². The lowest BCUT2D eigenvalue weighted by Gasteiger charge is -2.35. The highest BCUT2D eigenvalue weighted by molar-refractivity contribution is 6.35. The highest BCUT2D eigenvalue weighted by Gasteiger charge is 2.26. The molecule has 0 aromatic heterocycles. The first-order chi connectivity index (χ1) is 12.0. The van der Waals surface area contributed by atoms with Crippen molar-refractivity contribution in [1.29, 1.82) is 0 Å². The van der Waals surface area contributed by atoms with Gasteiger partial charge < -0.3 is 9.80 Å². The van der Waals surface area contributed by atoms with E-state index in [2.05, 4.69) is 0 Å². The number of halogens is 3. The summed E-state index contributed by atoms with van der Waals surface area (Å²) >= 11 is 12.0. The van der Waals surface area contributed by atoms with Gasteiger partial charge in [0.1, 0.15) is 5.82 Å². The number of benzene rings is 2. The topological polar surface area (TPSA) is 40.6 Å². The van der Waals surface area contributed by atoms with E-state index < -0.39 is 0 Å². The molecular formula is C18H15Cl2FN2O2. The number of nitrogens with zero attached hydrogens (tertiary/aromatic N) is 2. The van der Waals surface area contributed by atoms with E-state index in [1.54, 1.807) is 28.0 Å². The minimum absolute atomic E-state index is 0.173. The number of hydrogen-bond acceptors (Lipinski definition) is 2. The number of carbonyl (C=O) groups excluding carboxylic acids is 2. The molecule has 1 aliphatic rings. The van der Waals surface area contributed by atoms with Crippen molar-refractivity contribution in [1.82, 2.24) is 9.80 Å². The lowest BCUT2D eigenvalue weighted by molar-refractivity contribution is 0.0535. The lowest BCUT2D eigenvalue weighted by Crippen LogP contribution is -2.50. The molecule has 2 aromatic carbocycles. The average molecular weight is 381 g/mol.